The summed E-state index contributed by atoms with van der Waals surface area (Å²) < 4.78 is 0. The van der Waals surface area contributed by atoms with E-state index in [1.165, 1.54) is 0 Å². The normalized spacial score (nSPS) is 15.3. The number of fused-ring (bicyclic) bond motifs is 1. The smallest absolute Gasteiger partial charge is 0.253 e. The summed E-state index contributed by atoms with van der Waals surface area (Å²) in [5, 5.41) is 3.83. The van der Waals surface area contributed by atoms with Crippen LogP contribution >= 0.6 is 0 Å². The molecule has 26 heavy (non-hydrogen) atoms. The lowest BCUT2D eigenvalue weighted by Gasteiger charge is -2.30. The standard InChI is InChI=1S/C21H27N3O2/c1-14-7-10-24(11-8-14)20(25)6-9-22-21(26)18-13-17-12-15(2)4-5-19(17)23-16(18)3/h4-5,12-14H,6-11H2,1-3H3,(H,22,26). The second kappa shape index (κ2) is 7.85. The third-order valence-electron chi connectivity index (χ3n) is 5.17. The number of amides is 2. The number of aryl methyl sites for hydroxylation is 2. The van der Waals surface area contributed by atoms with Crippen LogP contribution in [0.5, 0.6) is 0 Å². The number of benzene rings is 1. The lowest BCUT2D eigenvalue weighted by molar-refractivity contribution is -0.132. The van der Waals surface area contributed by atoms with Crippen LogP contribution in [0.25, 0.3) is 10.9 Å². The van der Waals surface area contributed by atoms with Crippen molar-refractivity contribution in [1.29, 1.82) is 0 Å². The number of hydrogen-bond acceptors (Lipinski definition) is 3. The minimum absolute atomic E-state index is 0.126. The van der Waals surface area contributed by atoms with E-state index in [1.54, 1.807) is 0 Å². The van der Waals surface area contributed by atoms with E-state index in [9.17, 15) is 9.59 Å². The number of nitrogens with zero attached hydrogens (tertiary/aromatic N) is 2. The molecule has 3 rings (SSSR count). The summed E-state index contributed by atoms with van der Waals surface area (Å²) in [6.07, 6.45) is 2.48. The third-order valence-corrected chi connectivity index (χ3v) is 5.17. The average Bonchev–Trinajstić information content (AvgIpc) is 2.61. The molecule has 0 saturated carbocycles. The van der Waals surface area contributed by atoms with Crippen molar-refractivity contribution in [3.05, 3.63) is 41.1 Å². The second-order valence-electron chi connectivity index (χ2n) is 7.39. The molecule has 1 aliphatic heterocycles. The van der Waals surface area contributed by atoms with E-state index in [0.717, 1.165) is 42.4 Å². The summed E-state index contributed by atoms with van der Waals surface area (Å²) in [5.41, 5.74) is 3.30. The first-order valence-electron chi connectivity index (χ1n) is 9.38. The van der Waals surface area contributed by atoms with Crippen LogP contribution in [0.15, 0.2) is 24.3 Å². The summed E-state index contributed by atoms with van der Waals surface area (Å²) in [5.74, 6) is 0.658. The minimum atomic E-state index is -0.168. The highest BCUT2D eigenvalue weighted by Gasteiger charge is 2.20. The van der Waals surface area contributed by atoms with E-state index in [2.05, 4.69) is 17.2 Å². The summed E-state index contributed by atoms with van der Waals surface area (Å²) in [4.78, 5) is 31.2. The average molecular weight is 353 g/mol. The van der Waals surface area contributed by atoms with Gasteiger partial charge in [0.1, 0.15) is 0 Å². The van der Waals surface area contributed by atoms with Gasteiger partial charge in [-0.3, -0.25) is 14.6 Å². The van der Waals surface area contributed by atoms with Gasteiger partial charge in [-0.2, -0.15) is 0 Å². The molecule has 0 atom stereocenters. The summed E-state index contributed by atoms with van der Waals surface area (Å²) in [6, 6.07) is 7.90. The van der Waals surface area contributed by atoms with Crippen LogP contribution in [0.3, 0.4) is 0 Å². The topological polar surface area (TPSA) is 62.3 Å². The Morgan fingerprint density at radius 2 is 1.92 bits per heavy atom. The molecule has 138 valence electrons. The first-order valence-corrected chi connectivity index (χ1v) is 9.38. The zero-order valence-corrected chi connectivity index (χ0v) is 15.8. The molecule has 0 spiro atoms. The summed E-state index contributed by atoms with van der Waals surface area (Å²) in [7, 11) is 0. The molecule has 1 fully saturated rings. The number of pyridine rings is 1. The van der Waals surface area contributed by atoms with Gasteiger partial charge in [0, 0.05) is 31.4 Å². The molecule has 2 amide bonds. The molecule has 5 heteroatoms. The van der Waals surface area contributed by atoms with Gasteiger partial charge in [-0.15, -0.1) is 0 Å². The number of piperidine rings is 1. The molecule has 0 aliphatic carbocycles. The Morgan fingerprint density at radius 3 is 2.65 bits per heavy atom. The Kier molecular flexibility index (Phi) is 5.55. The van der Waals surface area contributed by atoms with Crippen molar-refractivity contribution in [3.8, 4) is 0 Å². The third kappa shape index (κ3) is 4.21. The fourth-order valence-electron chi connectivity index (χ4n) is 3.42. The molecule has 2 heterocycles. The molecular weight excluding hydrogens is 326 g/mol. The van der Waals surface area contributed by atoms with E-state index < -0.39 is 0 Å². The largest absolute Gasteiger partial charge is 0.351 e. The Balaban J connectivity index is 1.59. The van der Waals surface area contributed by atoms with Crippen LogP contribution in [0.1, 0.15) is 47.8 Å². The lowest BCUT2D eigenvalue weighted by Crippen LogP contribution is -2.39. The molecule has 2 aromatic rings. The maximum atomic E-state index is 12.5. The van der Waals surface area contributed by atoms with Crippen LogP contribution in [-0.4, -0.2) is 41.3 Å². The van der Waals surface area contributed by atoms with Crippen LogP contribution in [0.4, 0.5) is 0 Å². The van der Waals surface area contributed by atoms with Crippen molar-refractivity contribution >= 4 is 22.7 Å². The first kappa shape index (κ1) is 18.4. The molecular formula is C21H27N3O2. The molecule has 1 aromatic heterocycles. The molecule has 5 nitrogen and oxygen atoms in total. The van der Waals surface area contributed by atoms with E-state index in [-0.39, 0.29) is 11.8 Å². The molecule has 1 aliphatic rings. The summed E-state index contributed by atoms with van der Waals surface area (Å²) in [6.45, 7) is 8.11. The van der Waals surface area contributed by atoms with Crippen LogP contribution in [0, 0.1) is 19.8 Å². The van der Waals surface area contributed by atoms with Crippen molar-refractivity contribution in [2.45, 2.75) is 40.0 Å². The van der Waals surface area contributed by atoms with Gasteiger partial charge in [0.25, 0.3) is 5.91 Å². The number of carbonyl (C=O) groups excluding carboxylic acids is 2. The zero-order valence-electron chi connectivity index (χ0n) is 15.8. The predicted molar refractivity (Wildman–Crippen MR) is 103 cm³/mol. The van der Waals surface area contributed by atoms with Crippen molar-refractivity contribution in [1.82, 2.24) is 15.2 Å². The van der Waals surface area contributed by atoms with Gasteiger partial charge in [-0.25, -0.2) is 0 Å². The van der Waals surface area contributed by atoms with E-state index in [0.29, 0.717) is 30.1 Å². The monoisotopic (exact) mass is 353 g/mol. The fraction of sp³-hybridized carbons (Fsp3) is 0.476. The highest BCUT2D eigenvalue weighted by molar-refractivity contribution is 5.98. The van der Waals surface area contributed by atoms with Gasteiger partial charge in [0.15, 0.2) is 0 Å². The number of nitrogens with one attached hydrogen (secondary N) is 1. The highest BCUT2D eigenvalue weighted by Crippen LogP contribution is 2.18. The van der Waals surface area contributed by atoms with E-state index in [1.807, 2.05) is 43.0 Å². The van der Waals surface area contributed by atoms with Gasteiger partial charge in [0.2, 0.25) is 5.91 Å². The molecule has 1 N–H and O–H groups in total. The molecule has 0 unspecified atom stereocenters. The highest BCUT2D eigenvalue weighted by atomic mass is 16.2. The van der Waals surface area contributed by atoms with Crippen molar-refractivity contribution in [2.24, 2.45) is 5.92 Å². The number of aromatic nitrogens is 1. The van der Waals surface area contributed by atoms with Crippen molar-refractivity contribution in [2.75, 3.05) is 19.6 Å². The van der Waals surface area contributed by atoms with Crippen molar-refractivity contribution < 1.29 is 9.59 Å². The number of likely N-dealkylation sites (tertiary alicyclic amines) is 1. The Morgan fingerprint density at radius 1 is 1.19 bits per heavy atom. The first-order chi connectivity index (χ1) is 12.4. The van der Waals surface area contributed by atoms with Crippen LogP contribution < -0.4 is 5.32 Å². The van der Waals surface area contributed by atoms with Gasteiger partial charge in [-0.05, 0) is 50.8 Å². The van der Waals surface area contributed by atoms with Crippen LogP contribution in [0.2, 0.25) is 0 Å². The molecule has 0 radical (unpaired) electrons. The van der Waals surface area contributed by atoms with Gasteiger partial charge in [0.05, 0.1) is 16.8 Å². The predicted octanol–water partition coefficient (Wildman–Crippen LogP) is 3.23. The Labute approximate surface area is 154 Å². The Hall–Kier alpha value is -2.43. The maximum absolute atomic E-state index is 12.5. The molecule has 0 bridgehead atoms. The maximum Gasteiger partial charge on any atom is 0.253 e. The SMILES string of the molecule is Cc1ccc2nc(C)c(C(=O)NCCC(=O)N3CCC(C)CC3)cc2c1. The second-order valence-corrected chi connectivity index (χ2v) is 7.39. The zero-order chi connectivity index (χ0) is 18.7. The van der Waals surface area contributed by atoms with E-state index in [4.69, 9.17) is 0 Å². The Bertz CT molecular complexity index is 823. The minimum Gasteiger partial charge on any atom is -0.351 e. The fourth-order valence-corrected chi connectivity index (χ4v) is 3.42. The van der Waals surface area contributed by atoms with Crippen molar-refractivity contribution in [3.63, 3.8) is 0 Å². The number of carbonyl (C=O) groups is 2. The van der Waals surface area contributed by atoms with E-state index >= 15 is 0 Å². The van der Waals surface area contributed by atoms with Gasteiger partial charge < -0.3 is 10.2 Å². The van der Waals surface area contributed by atoms with Gasteiger partial charge in [-0.1, -0.05) is 18.6 Å². The number of hydrogen-bond donors (Lipinski definition) is 1. The molecule has 1 saturated heterocycles. The van der Waals surface area contributed by atoms with Gasteiger partial charge >= 0.3 is 0 Å². The summed E-state index contributed by atoms with van der Waals surface area (Å²) >= 11 is 0. The van der Waals surface area contributed by atoms with Crippen LogP contribution in [-0.2, 0) is 4.79 Å². The number of rotatable bonds is 4. The molecule has 1 aromatic carbocycles. The lowest BCUT2D eigenvalue weighted by atomic mass is 9.99. The quantitative estimate of drug-likeness (QED) is 0.918.